The second-order valence-corrected chi connectivity index (χ2v) is 9.62. The average molecular weight is 436 g/mol. The summed E-state index contributed by atoms with van der Waals surface area (Å²) in [5.74, 6) is 0.633. The number of sulfone groups is 1. The first-order valence-electron chi connectivity index (χ1n) is 9.56. The van der Waals surface area contributed by atoms with E-state index in [1.165, 1.54) is 24.5 Å². The monoisotopic (exact) mass is 435 g/mol. The third-order valence-corrected chi connectivity index (χ3v) is 7.08. The van der Waals surface area contributed by atoms with Gasteiger partial charge in [0.15, 0.2) is 9.84 Å². The van der Waals surface area contributed by atoms with Gasteiger partial charge >= 0.3 is 0 Å². The van der Waals surface area contributed by atoms with Crippen LogP contribution in [0.4, 0.5) is 0 Å². The molecule has 0 amide bonds. The quantitative estimate of drug-likeness (QED) is 0.402. The first-order chi connectivity index (χ1) is 14.5. The third kappa shape index (κ3) is 4.47. The lowest BCUT2D eigenvalue weighted by Crippen LogP contribution is -2.09. The maximum atomic E-state index is 12.6. The summed E-state index contributed by atoms with van der Waals surface area (Å²) in [5.41, 5.74) is 3.73. The van der Waals surface area contributed by atoms with Crippen LogP contribution in [0.25, 0.3) is 22.5 Å². The number of imidazole rings is 1. The molecule has 0 aliphatic carbocycles. The van der Waals surface area contributed by atoms with E-state index in [0.29, 0.717) is 12.2 Å². The maximum absolute atomic E-state index is 12.6. The van der Waals surface area contributed by atoms with Crippen molar-refractivity contribution in [3.63, 3.8) is 0 Å². The van der Waals surface area contributed by atoms with Crippen LogP contribution in [0, 0.1) is 0 Å². The van der Waals surface area contributed by atoms with Crippen LogP contribution in [0.5, 0.6) is 0 Å². The van der Waals surface area contributed by atoms with Crippen molar-refractivity contribution in [3.8, 4) is 22.5 Å². The second kappa shape index (κ2) is 8.85. The molecule has 2 aromatic carbocycles. The zero-order chi connectivity index (χ0) is 21.0. The van der Waals surface area contributed by atoms with Gasteiger partial charge in [-0.3, -0.25) is 4.98 Å². The highest BCUT2D eigenvalue weighted by Gasteiger charge is 2.21. The Morgan fingerprint density at radius 2 is 1.47 bits per heavy atom. The summed E-state index contributed by atoms with van der Waals surface area (Å²) >= 11 is 4.66. The third-order valence-electron chi connectivity index (χ3n) is 4.82. The molecule has 2 aromatic heterocycles. The molecule has 1 N–H and O–H groups in total. The molecular weight excluding hydrogens is 414 g/mol. The molecule has 5 nitrogen and oxygen atoms in total. The van der Waals surface area contributed by atoms with E-state index in [2.05, 4.69) is 22.6 Å². The van der Waals surface area contributed by atoms with Gasteiger partial charge in [-0.25, -0.2) is 13.4 Å². The molecule has 0 saturated carbocycles. The number of nitrogens with one attached hydrogen (secondary N) is 1. The molecule has 7 heteroatoms. The fourth-order valence-corrected chi connectivity index (χ4v) is 4.98. The Morgan fingerprint density at radius 3 is 2.10 bits per heavy atom. The first kappa shape index (κ1) is 20.4. The summed E-state index contributed by atoms with van der Waals surface area (Å²) in [4.78, 5) is 12.3. The molecule has 0 fully saturated rings. The number of pyridine rings is 1. The minimum atomic E-state index is -3.40. The summed E-state index contributed by atoms with van der Waals surface area (Å²) in [6.07, 6.45) is 3.30. The molecule has 0 radical (unpaired) electrons. The lowest BCUT2D eigenvalue weighted by atomic mass is 10.1. The Balaban J connectivity index is 1.62. The van der Waals surface area contributed by atoms with E-state index in [1.54, 1.807) is 0 Å². The van der Waals surface area contributed by atoms with Crippen LogP contribution in [0.3, 0.4) is 0 Å². The molecule has 30 heavy (non-hydrogen) atoms. The molecular formula is C23H21N3O2S2. The number of aromatic amines is 1. The van der Waals surface area contributed by atoms with Gasteiger partial charge in [-0.15, -0.1) is 0 Å². The largest absolute Gasteiger partial charge is 0.341 e. The summed E-state index contributed by atoms with van der Waals surface area (Å²) in [7, 11) is -3.40. The van der Waals surface area contributed by atoms with Gasteiger partial charge in [0.2, 0.25) is 0 Å². The van der Waals surface area contributed by atoms with Gasteiger partial charge in [0.1, 0.15) is 5.82 Å². The van der Waals surface area contributed by atoms with E-state index in [9.17, 15) is 8.42 Å². The topological polar surface area (TPSA) is 75.7 Å². The molecule has 0 bridgehead atoms. The average Bonchev–Trinajstić information content (AvgIpc) is 3.25. The Morgan fingerprint density at radius 1 is 0.867 bits per heavy atom. The van der Waals surface area contributed by atoms with Crippen molar-refractivity contribution >= 4 is 22.5 Å². The number of rotatable bonds is 7. The molecule has 0 saturated heterocycles. The van der Waals surface area contributed by atoms with E-state index in [-0.39, 0.29) is 15.9 Å². The van der Waals surface area contributed by atoms with Gasteiger partial charge in [0, 0.05) is 23.5 Å². The zero-order valence-corrected chi connectivity index (χ0v) is 17.9. The van der Waals surface area contributed by atoms with E-state index in [0.717, 1.165) is 22.5 Å². The van der Waals surface area contributed by atoms with Crippen LogP contribution in [0.1, 0.15) is 17.5 Å². The van der Waals surface area contributed by atoms with Crippen molar-refractivity contribution in [2.45, 2.75) is 16.6 Å². The van der Waals surface area contributed by atoms with Crippen LogP contribution >= 0.6 is 12.6 Å². The number of benzene rings is 2. The van der Waals surface area contributed by atoms with Crippen LogP contribution in [-0.2, 0) is 9.84 Å². The number of H-pyrrole nitrogens is 1. The molecule has 0 aliphatic heterocycles. The van der Waals surface area contributed by atoms with Gasteiger partial charge in [0.25, 0.3) is 0 Å². The van der Waals surface area contributed by atoms with E-state index in [4.69, 9.17) is 4.98 Å². The van der Waals surface area contributed by atoms with Crippen LogP contribution < -0.4 is 0 Å². The van der Waals surface area contributed by atoms with Crippen molar-refractivity contribution in [2.24, 2.45) is 0 Å². The minimum Gasteiger partial charge on any atom is -0.341 e. The Bertz CT molecular complexity index is 1150. The number of nitrogens with zero attached hydrogens (tertiary/aromatic N) is 2. The van der Waals surface area contributed by atoms with Crippen molar-refractivity contribution < 1.29 is 8.42 Å². The number of hydrogen-bond donors (Lipinski definition) is 2. The molecule has 2 heterocycles. The fourth-order valence-electron chi connectivity index (χ4n) is 3.23. The molecule has 0 spiro atoms. The maximum Gasteiger partial charge on any atom is 0.178 e. The van der Waals surface area contributed by atoms with E-state index < -0.39 is 9.84 Å². The number of thiol groups is 1. The van der Waals surface area contributed by atoms with Gasteiger partial charge < -0.3 is 4.98 Å². The molecule has 0 aliphatic rings. The molecule has 4 aromatic rings. The Hall–Kier alpha value is -2.90. The van der Waals surface area contributed by atoms with Crippen LogP contribution in [-0.4, -0.2) is 29.1 Å². The van der Waals surface area contributed by atoms with Crippen molar-refractivity contribution in [2.75, 3.05) is 5.75 Å². The summed E-state index contributed by atoms with van der Waals surface area (Å²) in [5, 5.41) is -0.346. The highest BCUT2D eigenvalue weighted by Crippen LogP contribution is 2.33. The second-order valence-electron chi connectivity index (χ2n) is 6.88. The molecule has 4 rings (SSSR count). The molecule has 152 valence electrons. The van der Waals surface area contributed by atoms with Gasteiger partial charge in [-0.1, -0.05) is 60.7 Å². The minimum absolute atomic E-state index is 0.0206. The Labute approximate surface area is 181 Å². The summed E-state index contributed by atoms with van der Waals surface area (Å²) in [6, 6.07) is 22.9. The SMILES string of the molecule is O=S(=O)(CCC(S)c1nc(-c2ccccc2)c(-c2ccccc2)[nH]1)c1ccncc1. The van der Waals surface area contributed by atoms with E-state index >= 15 is 0 Å². The van der Waals surface area contributed by atoms with Crippen molar-refractivity contribution in [1.82, 2.24) is 15.0 Å². The number of hydrogen-bond acceptors (Lipinski definition) is 5. The fraction of sp³-hybridized carbons (Fsp3) is 0.130. The lowest BCUT2D eigenvalue weighted by Gasteiger charge is -2.08. The predicted octanol–water partition coefficient (Wildman–Crippen LogP) is 4.97. The number of aromatic nitrogens is 3. The Kier molecular flexibility index (Phi) is 6.01. The van der Waals surface area contributed by atoms with Crippen molar-refractivity contribution in [3.05, 3.63) is 91.0 Å². The first-order valence-corrected chi connectivity index (χ1v) is 11.7. The van der Waals surface area contributed by atoms with Crippen LogP contribution in [0.15, 0.2) is 90.1 Å². The van der Waals surface area contributed by atoms with Gasteiger partial charge in [-0.2, -0.15) is 12.6 Å². The van der Waals surface area contributed by atoms with Gasteiger partial charge in [0.05, 0.1) is 27.3 Å². The predicted molar refractivity (Wildman–Crippen MR) is 122 cm³/mol. The highest BCUT2D eigenvalue weighted by atomic mass is 32.2. The van der Waals surface area contributed by atoms with Crippen LogP contribution in [0.2, 0.25) is 0 Å². The van der Waals surface area contributed by atoms with Crippen molar-refractivity contribution in [1.29, 1.82) is 0 Å². The van der Waals surface area contributed by atoms with Gasteiger partial charge in [-0.05, 0) is 18.6 Å². The normalized spacial score (nSPS) is 12.6. The molecule has 1 atom stereocenters. The lowest BCUT2D eigenvalue weighted by molar-refractivity contribution is 0.592. The summed E-state index contributed by atoms with van der Waals surface area (Å²) in [6.45, 7) is 0. The molecule has 1 unspecified atom stereocenters. The zero-order valence-electron chi connectivity index (χ0n) is 16.1. The standard InChI is InChI=1S/C23H21N3O2S2/c27-30(28,19-11-14-24-15-12-19)16-13-20(29)23-25-21(17-7-3-1-4-8-17)22(26-23)18-9-5-2-6-10-18/h1-12,14-15,20,29H,13,16H2,(H,25,26). The smallest absolute Gasteiger partial charge is 0.178 e. The highest BCUT2D eigenvalue weighted by molar-refractivity contribution is 7.91. The summed E-state index contributed by atoms with van der Waals surface area (Å²) < 4.78 is 25.2. The van der Waals surface area contributed by atoms with E-state index in [1.807, 2.05) is 60.7 Å².